The fourth-order valence-electron chi connectivity index (χ4n) is 6.83. The van der Waals surface area contributed by atoms with Gasteiger partial charge in [0.15, 0.2) is 0 Å². The highest BCUT2D eigenvalue weighted by Gasteiger charge is 2.23. The first-order chi connectivity index (χ1) is 23.8. The molecule has 226 valence electrons. The molecule has 0 N–H and O–H groups in total. The van der Waals surface area contributed by atoms with Gasteiger partial charge in [-0.25, -0.2) is 0 Å². The second kappa shape index (κ2) is 13.2. The molecule has 0 aliphatic heterocycles. The monoisotopic (exact) mass is 610 g/mol. The summed E-state index contributed by atoms with van der Waals surface area (Å²) < 4.78 is 0. The van der Waals surface area contributed by atoms with Crippen LogP contribution in [0.25, 0.3) is 77.9 Å². The Morgan fingerprint density at radius 2 is 0.458 bits per heavy atom. The van der Waals surface area contributed by atoms with E-state index in [1.807, 2.05) is 0 Å². The lowest BCUT2D eigenvalue weighted by atomic mass is 9.78. The maximum Gasteiger partial charge on any atom is -0.00143 e. The van der Waals surface area contributed by atoms with E-state index < -0.39 is 0 Å². The summed E-state index contributed by atoms with van der Waals surface area (Å²) in [5.74, 6) is 0. The van der Waals surface area contributed by atoms with E-state index in [1.165, 1.54) is 77.9 Å². The van der Waals surface area contributed by atoms with Crippen molar-refractivity contribution < 1.29 is 0 Å². The zero-order valence-corrected chi connectivity index (χ0v) is 26.6. The van der Waals surface area contributed by atoms with E-state index in [2.05, 4.69) is 206 Å². The van der Waals surface area contributed by atoms with Crippen LogP contribution in [0.5, 0.6) is 0 Å². The second-order valence-corrected chi connectivity index (χ2v) is 12.1. The summed E-state index contributed by atoms with van der Waals surface area (Å²) >= 11 is 0. The Balaban J connectivity index is 1.44. The molecule has 0 saturated heterocycles. The van der Waals surface area contributed by atoms with Crippen LogP contribution in [0.2, 0.25) is 0 Å². The van der Waals surface area contributed by atoms with Crippen LogP contribution in [0.3, 0.4) is 0 Å². The van der Waals surface area contributed by atoms with Crippen LogP contribution < -0.4 is 0 Å². The van der Waals surface area contributed by atoms with Gasteiger partial charge in [0.1, 0.15) is 0 Å². The van der Waals surface area contributed by atoms with Crippen molar-refractivity contribution in [2.75, 3.05) is 0 Å². The molecule has 0 atom stereocenters. The van der Waals surface area contributed by atoms with Crippen LogP contribution in [0.4, 0.5) is 0 Å². The molecule has 0 aliphatic rings. The minimum atomic E-state index is 1.19. The van der Waals surface area contributed by atoms with Crippen molar-refractivity contribution in [3.63, 3.8) is 0 Å². The largest absolute Gasteiger partial charge is 0.0622 e. The average molecular weight is 611 g/mol. The van der Waals surface area contributed by atoms with E-state index in [4.69, 9.17) is 0 Å². The fraction of sp³-hybridized carbons (Fsp3) is 0. The lowest BCUT2D eigenvalue weighted by molar-refractivity contribution is 1.52. The molecule has 0 aliphatic carbocycles. The normalized spacial score (nSPS) is 10.9. The number of hydrogen-bond acceptors (Lipinski definition) is 0. The summed E-state index contributed by atoms with van der Waals surface area (Å²) in [5.41, 5.74) is 16.9. The van der Waals surface area contributed by atoms with Gasteiger partial charge >= 0.3 is 0 Å². The topological polar surface area (TPSA) is 0 Å². The minimum Gasteiger partial charge on any atom is -0.0622 e. The highest BCUT2D eigenvalue weighted by Crippen LogP contribution is 2.50. The standard InChI is InChI=1S/C48H34/c1-6-18-35(19-7-1)40-28-16-29-41(32-40)42-30-17-31-43(33-42)45-34-44(36-20-8-2-9-21-36)46(37-22-10-3-11-23-37)48(39-26-14-5-15-27-39)47(45)38-24-12-4-13-25-38/h1-34H. The SMILES string of the molecule is c1ccc(-c2cccc(-c3cccc(-c4cc(-c5ccccc5)c(-c5ccccc5)c(-c5ccccc5)c4-c4ccccc4)c3)c2)cc1. The Morgan fingerprint density at radius 3 is 0.917 bits per heavy atom. The predicted octanol–water partition coefficient (Wildman–Crippen LogP) is 13.4. The number of hydrogen-bond donors (Lipinski definition) is 0. The zero-order chi connectivity index (χ0) is 32.1. The smallest absolute Gasteiger partial charge is 0.00143 e. The molecular formula is C48H34. The van der Waals surface area contributed by atoms with Crippen molar-refractivity contribution >= 4 is 0 Å². The zero-order valence-electron chi connectivity index (χ0n) is 26.6. The molecule has 0 spiro atoms. The molecule has 0 fully saturated rings. The molecule has 0 saturated carbocycles. The molecule has 8 aromatic rings. The van der Waals surface area contributed by atoms with Gasteiger partial charge in [-0.1, -0.05) is 188 Å². The summed E-state index contributed by atoms with van der Waals surface area (Å²) in [7, 11) is 0. The summed E-state index contributed by atoms with van der Waals surface area (Å²) in [6.45, 7) is 0. The van der Waals surface area contributed by atoms with Gasteiger partial charge < -0.3 is 0 Å². The maximum absolute atomic E-state index is 2.42. The van der Waals surface area contributed by atoms with Crippen molar-refractivity contribution in [2.45, 2.75) is 0 Å². The highest BCUT2D eigenvalue weighted by atomic mass is 14.3. The minimum absolute atomic E-state index is 1.19. The first-order valence-electron chi connectivity index (χ1n) is 16.5. The Bertz CT molecular complexity index is 2290. The van der Waals surface area contributed by atoms with Crippen molar-refractivity contribution in [3.05, 3.63) is 206 Å². The third-order valence-electron chi connectivity index (χ3n) is 9.08. The van der Waals surface area contributed by atoms with Crippen LogP contribution >= 0.6 is 0 Å². The lowest BCUT2D eigenvalue weighted by Crippen LogP contribution is -1.98. The van der Waals surface area contributed by atoms with E-state index in [0.29, 0.717) is 0 Å². The van der Waals surface area contributed by atoms with Crippen molar-refractivity contribution in [2.24, 2.45) is 0 Å². The van der Waals surface area contributed by atoms with Gasteiger partial charge in [-0.2, -0.15) is 0 Å². The summed E-state index contributed by atoms with van der Waals surface area (Å²) in [6, 6.07) is 74.4. The molecule has 0 bridgehead atoms. The molecule has 0 unspecified atom stereocenters. The van der Waals surface area contributed by atoms with Crippen LogP contribution in [0.15, 0.2) is 206 Å². The first-order valence-corrected chi connectivity index (χ1v) is 16.5. The summed E-state index contributed by atoms with van der Waals surface area (Å²) in [5, 5.41) is 0. The molecule has 8 aromatic carbocycles. The van der Waals surface area contributed by atoms with E-state index in [-0.39, 0.29) is 0 Å². The quantitative estimate of drug-likeness (QED) is 0.168. The molecule has 48 heavy (non-hydrogen) atoms. The van der Waals surface area contributed by atoms with Crippen LogP contribution in [-0.4, -0.2) is 0 Å². The molecule has 0 heteroatoms. The van der Waals surface area contributed by atoms with Gasteiger partial charge in [0.2, 0.25) is 0 Å². The van der Waals surface area contributed by atoms with Crippen molar-refractivity contribution in [3.8, 4) is 77.9 Å². The molecule has 0 amide bonds. The van der Waals surface area contributed by atoms with E-state index in [0.717, 1.165) is 0 Å². The van der Waals surface area contributed by atoms with Gasteiger partial charge in [0.25, 0.3) is 0 Å². The first kappa shape index (κ1) is 29.2. The Morgan fingerprint density at radius 1 is 0.167 bits per heavy atom. The van der Waals surface area contributed by atoms with Gasteiger partial charge in [-0.15, -0.1) is 0 Å². The van der Waals surface area contributed by atoms with Gasteiger partial charge in [-0.05, 0) is 96.1 Å². The molecule has 0 aromatic heterocycles. The Labute approximate surface area is 283 Å². The maximum atomic E-state index is 2.42. The van der Waals surface area contributed by atoms with Crippen LogP contribution in [-0.2, 0) is 0 Å². The van der Waals surface area contributed by atoms with Crippen molar-refractivity contribution in [1.29, 1.82) is 0 Å². The lowest BCUT2D eigenvalue weighted by Gasteiger charge is -2.24. The second-order valence-electron chi connectivity index (χ2n) is 12.1. The predicted molar refractivity (Wildman–Crippen MR) is 204 cm³/mol. The van der Waals surface area contributed by atoms with E-state index >= 15 is 0 Å². The van der Waals surface area contributed by atoms with Crippen LogP contribution in [0.1, 0.15) is 0 Å². The molecule has 0 heterocycles. The van der Waals surface area contributed by atoms with E-state index in [9.17, 15) is 0 Å². The van der Waals surface area contributed by atoms with Crippen LogP contribution in [0, 0.1) is 0 Å². The Hall–Kier alpha value is -6.24. The Kier molecular flexibility index (Phi) is 8.05. The van der Waals surface area contributed by atoms with Gasteiger partial charge in [0.05, 0.1) is 0 Å². The number of rotatable bonds is 7. The number of benzene rings is 8. The van der Waals surface area contributed by atoms with Gasteiger partial charge in [0, 0.05) is 0 Å². The molecule has 8 rings (SSSR count). The highest BCUT2D eigenvalue weighted by molar-refractivity contribution is 6.07. The third kappa shape index (κ3) is 5.77. The summed E-state index contributed by atoms with van der Waals surface area (Å²) in [4.78, 5) is 0. The molecule has 0 nitrogen and oxygen atoms in total. The van der Waals surface area contributed by atoms with E-state index in [1.54, 1.807) is 0 Å². The molecular weight excluding hydrogens is 577 g/mol. The summed E-state index contributed by atoms with van der Waals surface area (Å²) in [6.07, 6.45) is 0. The van der Waals surface area contributed by atoms with Gasteiger partial charge in [-0.3, -0.25) is 0 Å². The average Bonchev–Trinajstić information content (AvgIpc) is 3.19. The molecule has 0 radical (unpaired) electrons. The van der Waals surface area contributed by atoms with Crippen molar-refractivity contribution in [1.82, 2.24) is 0 Å². The third-order valence-corrected chi connectivity index (χ3v) is 9.08. The fourth-order valence-corrected chi connectivity index (χ4v) is 6.83.